The fourth-order valence-corrected chi connectivity index (χ4v) is 3.43. The van der Waals surface area contributed by atoms with E-state index in [4.69, 9.17) is 11.6 Å². The van der Waals surface area contributed by atoms with Crippen LogP contribution in [-0.4, -0.2) is 34.9 Å². The predicted molar refractivity (Wildman–Crippen MR) is 100 cm³/mol. The average Bonchev–Trinajstić information content (AvgIpc) is 2.99. The van der Waals surface area contributed by atoms with Crippen LogP contribution in [0.2, 0.25) is 5.02 Å². The third-order valence-electron chi connectivity index (χ3n) is 4.71. The fraction of sp³-hybridized carbons (Fsp3) is 0.400. The van der Waals surface area contributed by atoms with Crippen molar-refractivity contribution in [1.29, 1.82) is 0 Å². The first-order valence-electron chi connectivity index (χ1n) is 8.86. The van der Waals surface area contributed by atoms with E-state index in [0.717, 1.165) is 43.9 Å². The van der Waals surface area contributed by atoms with Crippen LogP contribution in [0.1, 0.15) is 30.4 Å². The quantitative estimate of drug-likeness (QED) is 0.736. The molecule has 0 spiro atoms. The van der Waals surface area contributed by atoms with Gasteiger partial charge in [0, 0.05) is 43.0 Å². The monoisotopic (exact) mass is 357 g/mol. The molecule has 0 aliphatic carbocycles. The first kappa shape index (κ1) is 17.9. The minimum Gasteiger partial charge on any atom is -0.339 e. The maximum atomic E-state index is 12.2. The van der Waals surface area contributed by atoms with Gasteiger partial charge in [0.1, 0.15) is 0 Å². The maximum absolute atomic E-state index is 12.2. The molecule has 132 valence electrons. The number of pyridine rings is 1. The molecule has 1 aliphatic rings. The Balaban J connectivity index is 1.44. The SMILES string of the molecule is O=C1CCC(CCNCc2cccnc2)N1CCc1ccc(Cl)cc1. The molecular formula is C20H24ClN3O. The zero-order chi connectivity index (χ0) is 17.5. The number of aromatic nitrogens is 1. The highest BCUT2D eigenvalue weighted by Gasteiger charge is 2.29. The van der Waals surface area contributed by atoms with Crippen molar-refractivity contribution in [2.75, 3.05) is 13.1 Å². The first-order chi connectivity index (χ1) is 12.2. The van der Waals surface area contributed by atoms with Crippen LogP contribution in [0, 0.1) is 0 Å². The van der Waals surface area contributed by atoms with Crippen molar-refractivity contribution in [2.45, 2.75) is 38.3 Å². The molecule has 1 aliphatic heterocycles. The van der Waals surface area contributed by atoms with Gasteiger partial charge in [-0.25, -0.2) is 0 Å². The molecule has 1 N–H and O–H groups in total. The summed E-state index contributed by atoms with van der Waals surface area (Å²) in [7, 11) is 0. The van der Waals surface area contributed by atoms with E-state index in [2.05, 4.69) is 21.3 Å². The Morgan fingerprint density at radius 1 is 1.20 bits per heavy atom. The Bertz CT molecular complexity index is 675. The number of nitrogens with zero attached hydrogens (tertiary/aromatic N) is 2. The molecule has 3 rings (SSSR count). The van der Waals surface area contributed by atoms with Crippen LogP contribution in [-0.2, 0) is 17.8 Å². The second kappa shape index (κ2) is 8.97. The number of carbonyl (C=O) groups excluding carboxylic acids is 1. The molecule has 2 heterocycles. The lowest BCUT2D eigenvalue weighted by molar-refractivity contribution is -0.129. The van der Waals surface area contributed by atoms with Crippen LogP contribution in [0.5, 0.6) is 0 Å². The lowest BCUT2D eigenvalue weighted by Gasteiger charge is -2.25. The minimum atomic E-state index is 0.284. The summed E-state index contributed by atoms with van der Waals surface area (Å²) in [5.41, 5.74) is 2.40. The summed E-state index contributed by atoms with van der Waals surface area (Å²) >= 11 is 5.93. The Hall–Kier alpha value is -1.91. The lowest BCUT2D eigenvalue weighted by Crippen LogP contribution is -2.36. The van der Waals surface area contributed by atoms with Gasteiger partial charge in [-0.1, -0.05) is 29.8 Å². The second-order valence-corrected chi connectivity index (χ2v) is 6.92. The predicted octanol–water partition coefficient (Wildman–Crippen LogP) is 3.45. The molecule has 1 aromatic carbocycles. The van der Waals surface area contributed by atoms with E-state index < -0.39 is 0 Å². The van der Waals surface area contributed by atoms with Crippen LogP contribution in [0.25, 0.3) is 0 Å². The highest BCUT2D eigenvalue weighted by molar-refractivity contribution is 6.30. The van der Waals surface area contributed by atoms with Gasteiger partial charge in [-0.3, -0.25) is 9.78 Å². The number of likely N-dealkylation sites (tertiary alicyclic amines) is 1. The molecule has 4 nitrogen and oxygen atoms in total. The summed E-state index contributed by atoms with van der Waals surface area (Å²) < 4.78 is 0. The Morgan fingerprint density at radius 3 is 2.80 bits per heavy atom. The van der Waals surface area contributed by atoms with Gasteiger partial charge in [0.25, 0.3) is 0 Å². The van der Waals surface area contributed by atoms with Crippen molar-refractivity contribution < 1.29 is 4.79 Å². The number of rotatable bonds is 8. The highest BCUT2D eigenvalue weighted by Crippen LogP contribution is 2.22. The van der Waals surface area contributed by atoms with Gasteiger partial charge in [-0.05, 0) is 55.1 Å². The Labute approximate surface area is 154 Å². The molecule has 1 amide bonds. The van der Waals surface area contributed by atoms with E-state index in [1.54, 1.807) is 6.20 Å². The van der Waals surface area contributed by atoms with Gasteiger partial charge >= 0.3 is 0 Å². The molecule has 25 heavy (non-hydrogen) atoms. The number of hydrogen-bond acceptors (Lipinski definition) is 3. The van der Waals surface area contributed by atoms with E-state index in [0.29, 0.717) is 12.5 Å². The van der Waals surface area contributed by atoms with E-state index in [9.17, 15) is 4.79 Å². The summed E-state index contributed by atoms with van der Waals surface area (Å²) in [5, 5.41) is 4.20. The third kappa shape index (κ3) is 5.28. The van der Waals surface area contributed by atoms with Gasteiger partial charge in [-0.2, -0.15) is 0 Å². The number of carbonyl (C=O) groups is 1. The molecule has 0 bridgehead atoms. The first-order valence-corrected chi connectivity index (χ1v) is 9.24. The molecule has 1 atom stereocenters. The standard InChI is InChI=1S/C20H24ClN3O/c21-18-5-3-16(4-6-18)10-13-24-19(7-8-20(24)25)9-12-23-15-17-2-1-11-22-14-17/h1-6,11,14,19,23H,7-10,12-13,15H2. The largest absolute Gasteiger partial charge is 0.339 e. The van der Waals surface area contributed by atoms with Gasteiger partial charge < -0.3 is 10.2 Å². The number of amides is 1. The zero-order valence-electron chi connectivity index (χ0n) is 14.3. The van der Waals surface area contributed by atoms with E-state index in [1.165, 1.54) is 11.1 Å². The van der Waals surface area contributed by atoms with E-state index in [1.807, 2.05) is 36.5 Å². The van der Waals surface area contributed by atoms with Crippen molar-refractivity contribution in [1.82, 2.24) is 15.2 Å². The van der Waals surface area contributed by atoms with Crippen LogP contribution >= 0.6 is 11.6 Å². The normalized spacial score (nSPS) is 17.2. The van der Waals surface area contributed by atoms with Crippen LogP contribution in [0.3, 0.4) is 0 Å². The number of hydrogen-bond donors (Lipinski definition) is 1. The summed E-state index contributed by atoms with van der Waals surface area (Å²) in [6.45, 7) is 2.51. The van der Waals surface area contributed by atoms with E-state index >= 15 is 0 Å². The number of halogens is 1. The summed E-state index contributed by atoms with van der Waals surface area (Å²) in [4.78, 5) is 18.4. The van der Waals surface area contributed by atoms with Gasteiger partial charge in [0.2, 0.25) is 5.91 Å². The molecule has 2 aromatic rings. The van der Waals surface area contributed by atoms with Crippen molar-refractivity contribution >= 4 is 17.5 Å². The molecular weight excluding hydrogens is 334 g/mol. The van der Waals surface area contributed by atoms with Gasteiger partial charge in [0.05, 0.1) is 0 Å². The Kier molecular flexibility index (Phi) is 6.42. The molecule has 0 saturated carbocycles. The fourth-order valence-electron chi connectivity index (χ4n) is 3.31. The van der Waals surface area contributed by atoms with Crippen molar-refractivity contribution in [3.05, 3.63) is 64.9 Å². The molecule has 5 heteroatoms. The van der Waals surface area contributed by atoms with Crippen molar-refractivity contribution in [3.63, 3.8) is 0 Å². The number of nitrogens with one attached hydrogen (secondary N) is 1. The second-order valence-electron chi connectivity index (χ2n) is 6.48. The van der Waals surface area contributed by atoms with Gasteiger partial charge in [0.15, 0.2) is 0 Å². The van der Waals surface area contributed by atoms with E-state index in [-0.39, 0.29) is 5.91 Å². The molecule has 1 aromatic heterocycles. The molecule has 1 saturated heterocycles. The van der Waals surface area contributed by atoms with Gasteiger partial charge in [-0.15, -0.1) is 0 Å². The van der Waals surface area contributed by atoms with Crippen molar-refractivity contribution in [2.24, 2.45) is 0 Å². The maximum Gasteiger partial charge on any atom is 0.222 e. The van der Waals surface area contributed by atoms with Crippen LogP contribution in [0.15, 0.2) is 48.8 Å². The topological polar surface area (TPSA) is 45.2 Å². The lowest BCUT2D eigenvalue weighted by atomic mass is 10.1. The minimum absolute atomic E-state index is 0.284. The Morgan fingerprint density at radius 2 is 2.04 bits per heavy atom. The third-order valence-corrected chi connectivity index (χ3v) is 4.97. The summed E-state index contributed by atoms with van der Waals surface area (Å²) in [5.74, 6) is 0.284. The van der Waals surface area contributed by atoms with Crippen molar-refractivity contribution in [3.8, 4) is 0 Å². The smallest absolute Gasteiger partial charge is 0.222 e. The zero-order valence-corrected chi connectivity index (χ0v) is 15.1. The summed E-state index contributed by atoms with van der Waals surface area (Å²) in [6, 6.07) is 12.2. The van der Waals surface area contributed by atoms with Crippen LogP contribution in [0.4, 0.5) is 0 Å². The molecule has 1 fully saturated rings. The highest BCUT2D eigenvalue weighted by atomic mass is 35.5. The van der Waals surface area contributed by atoms with Crippen LogP contribution < -0.4 is 5.32 Å². The molecule has 0 radical (unpaired) electrons. The average molecular weight is 358 g/mol. The molecule has 1 unspecified atom stereocenters. The number of benzene rings is 1. The summed E-state index contributed by atoms with van der Waals surface area (Å²) in [6.07, 6.45) is 7.17.